The van der Waals surface area contributed by atoms with Gasteiger partial charge in [-0.15, -0.1) is 0 Å². The predicted octanol–water partition coefficient (Wildman–Crippen LogP) is 4.91. The molecule has 0 spiro atoms. The highest BCUT2D eigenvalue weighted by atomic mass is 16.2. The average molecular weight is 398 g/mol. The Bertz CT molecular complexity index is 855. The van der Waals surface area contributed by atoms with E-state index in [1.54, 1.807) is 30.1 Å². The maximum absolute atomic E-state index is 13.2. The van der Waals surface area contributed by atoms with E-state index < -0.39 is 6.04 Å². The van der Waals surface area contributed by atoms with Crippen LogP contribution < -0.4 is 0 Å². The molecule has 0 bridgehead atoms. The minimum atomic E-state index is -0.464. The van der Waals surface area contributed by atoms with Gasteiger partial charge in [0.05, 0.1) is 0 Å². The van der Waals surface area contributed by atoms with Crippen LogP contribution >= 0.6 is 0 Å². The molecule has 1 N–H and O–H groups in total. The average Bonchev–Trinajstić information content (AvgIpc) is 3.14. The van der Waals surface area contributed by atoms with Gasteiger partial charge in [-0.05, 0) is 24.0 Å². The third-order valence-corrected chi connectivity index (χ3v) is 5.91. The van der Waals surface area contributed by atoms with Crippen LogP contribution in [-0.4, -0.2) is 46.7 Å². The number of H-pyrrole nitrogens is 1. The molecule has 0 fully saturated rings. The van der Waals surface area contributed by atoms with Crippen molar-refractivity contribution in [3.05, 3.63) is 42.2 Å². The summed E-state index contributed by atoms with van der Waals surface area (Å²) in [6, 6.07) is 7.60. The first-order valence-electron chi connectivity index (χ1n) is 10.6. The molecule has 5 nitrogen and oxygen atoms in total. The largest absolute Gasteiger partial charge is 0.361 e. The van der Waals surface area contributed by atoms with Gasteiger partial charge in [0, 0.05) is 49.4 Å². The number of amides is 2. The Labute approximate surface area is 174 Å². The Morgan fingerprint density at radius 2 is 1.79 bits per heavy atom. The molecule has 0 aliphatic rings. The standard InChI is InChI=1S/C24H35N3O2/c1-7-17(3)15-22(28)27(6)23(18(4)8-2)24(29)26(5)14-13-19-16-25-21-12-10-9-11-20(19)21/h9-14,16-18,23,25H,7-8,15H2,1-6H3/b14-13-/t17?,18-,23-/m0/s1. The summed E-state index contributed by atoms with van der Waals surface area (Å²) >= 11 is 0. The normalized spacial score (nSPS) is 14.7. The summed E-state index contributed by atoms with van der Waals surface area (Å²) in [7, 11) is 3.52. The summed E-state index contributed by atoms with van der Waals surface area (Å²) in [5.41, 5.74) is 2.09. The van der Waals surface area contributed by atoms with Gasteiger partial charge in [0.1, 0.15) is 6.04 Å². The zero-order valence-electron chi connectivity index (χ0n) is 18.6. The van der Waals surface area contributed by atoms with E-state index in [0.717, 1.165) is 29.3 Å². The van der Waals surface area contributed by atoms with E-state index in [0.29, 0.717) is 12.3 Å². The van der Waals surface area contributed by atoms with Crippen molar-refractivity contribution in [3.63, 3.8) is 0 Å². The van der Waals surface area contributed by atoms with Crippen LogP contribution in [-0.2, 0) is 9.59 Å². The second-order valence-corrected chi connectivity index (χ2v) is 8.11. The Morgan fingerprint density at radius 3 is 2.45 bits per heavy atom. The molecular formula is C24H35N3O2. The molecule has 2 amide bonds. The van der Waals surface area contributed by atoms with Crippen molar-refractivity contribution in [2.45, 2.75) is 53.0 Å². The van der Waals surface area contributed by atoms with Crippen molar-refractivity contribution in [3.8, 4) is 0 Å². The summed E-state index contributed by atoms with van der Waals surface area (Å²) in [5, 5.41) is 1.11. The van der Waals surface area contributed by atoms with Gasteiger partial charge in [-0.25, -0.2) is 0 Å². The predicted molar refractivity (Wildman–Crippen MR) is 120 cm³/mol. The van der Waals surface area contributed by atoms with Crippen LogP contribution in [0.4, 0.5) is 0 Å². The number of hydrogen-bond donors (Lipinski definition) is 1. The first-order chi connectivity index (χ1) is 13.8. The molecule has 1 aromatic carbocycles. The van der Waals surface area contributed by atoms with Crippen LogP contribution in [0.1, 0.15) is 52.5 Å². The Morgan fingerprint density at radius 1 is 1.10 bits per heavy atom. The highest BCUT2D eigenvalue weighted by Gasteiger charge is 2.32. The Balaban J connectivity index is 2.18. The molecule has 2 rings (SSSR count). The van der Waals surface area contributed by atoms with Crippen LogP contribution in [0, 0.1) is 11.8 Å². The Hall–Kier alpha value is -2.56. The fraction of sp³-hybridized carbons (Fsp3) is 0.500. The van der Waals surface area contributed by atoms with Crippen molar-refractivity contribution in [1.82, 2.24) is 14.8 Å². The number of carbonyl (C=O) groups excluding carboxylic acids is 2. The number of para-hydroxylation sites is 1. The zero-order valence-corrected chi connectivity index (χ0v) is 18.6. The van der Waals surface area contributed by atoms with E-state index >= 15 is 0 Å². The summed E-state index contributed by atoms with van der Waals surface area (Å²) in [5.74, 6) is 0.372. The maximum Gasteiger partial charge on any atom is 0.249 e. The highest BCUT2D eigenvalue weighted by Crippen LogP contribution is 2.21. The molecule has 158 valence electrons. The number of aromatic nitrogens is 1. The molecule has 0 saturated heterocycles. The van der Waals surface area contributed by atoms with Crippen LogP contribution in [0.2, 0.25) is 0 Å². The minimum absolute atomic E-state index is 0.0343. The maximum atomic E-state index is 13.2. The minimum Gasteiger partial charge on any atom is -0.361 e. The summed E-state index contributed by atoms with van der Waals surface area (Å²) in [6.07, 6.45) is 7.92. The monoisotopic (exact) mass is 397 g/mol. The fourth-order valence-electron chi connectivity index (χ4n) is 3.46. The van der Waals surface area contributed by atoms with E-state index in [9.17, 15) is 9.59 Å². The van der Waals surface area contributed by atoms with Gasteiger partial charge in [0.25, 0.3) is 0 Å². The molecule has 5 heteroatoms. The molecule has 0 saturated carbocycles. The van der Waals surface area contributed by atoms with Crippen molar-refractivity contribution >= 4 is 28.8 Å². The molecule has 0 aliphatic heterocycles. The summed E-state index contributed by atoms with van der Waals surface area (Å²) in [4.78, 5) is 32.5. The lowest BCUT2D eigenvalue weighted by atomic mass is 9.95. The SMILES string of the molecule is CCC(C)CC(=O)N(C)[C@H](C(=O)N(C)/C=C\c1c[nH]c2ccccc12)[C@@H](C)CC. The molecule has 2 aromatic rings. The van der Waals surface area contributed by atoms with Crippen molar-refractivity contribution in [2.75, 3.05) is 14.1 Å². The third kappa shape index (κ3) is 5.49. The smallest absolute Gasteiger partial charge is 0.249 e. The number of fused-ring (bicyclic) bond motifs is 1. The molecule has 29 heavy (non-hydrogen) atoms. The van der Waals surface area contributed by atoms with Crippen molar-refractivity contribution in [1.29, 1.82) is 0 Å². The van der Waals surface area contributed by atoms with Gasteiger partial charge >= 0.3 is 0 Å². The van der Waals surface area contributed by atoms with E-state index in [4.69, 9.17) is 0 Å². The van der Waals surface area contributed by atoms with E-state index in [2.05, 4.69) is 31.8 Å². The van der Waals surface area contributed by atoms with E-state index in [-0.39, 0.29) is 17.7 Å². The summed E-state index contributed by atoms with van der Waals surface area (Å²) in [6.45, 7) is 8.24. The molecule has 0 aliphatic carbocycles. The molecule has 3 atom stereocenters. The van der Waals surface area contributed by atoms with Gasteiger partial charge in [0.2, 0.25) is 11.8 Å². The van der Waals surface area contributed by atoms with E-state index in [1.807, 2.05) is 37.4 Å². The van der Waals surface area contributed by atoms with Gasteiger partial charge in [0.15, 0.2) is 0 Å². The van der Waals surface area contributed by atoms with Gasteiger partial charge < -0.3 is 14.8 Å². The number of benzene rings is 1. The first-order valence-corrected chi connectivity index (χ1v) is 10.6. The van der Waals surface area contributed by atoms with Crippen LogP contribution in [0.5, 0.6) is 0 Å². The van der Waals surface area contributed by atoms with Gasteiger partial charge in [-0.3, -0.25) is 9.59 Å². The second kappa shape index (κ2) is 10.3. The lowest BCUT2D eigenvalue weighted by Crippen LogP contribution is -2.50. The van der Waals surface area contributed by atoms with Crippen LogP contribution in [0.3, 0.4) is 0 Å². The molecular weight excluding hydrogens is 362 g/mol. The highest BCUT2D eigenvalue weighted by molar-refractivity contribution is 5.91. The molecule has 1 unspecified atom stereocenters. The van der Waals surface area contributed by atoms with Crippen LogP contribution in [0.25, 0.3) is 17.0 Å². The topological polar surface area (TPSA) is 56.4 Å². The number of hydrogen-bond acceptors (Lipinski definition) is 2. The lowest BCUT2D eigenvalue weighted by Gasteiger charge is -2.34. The third-order valence-electron chi connectivity index (χ3n) is 5.91. The molecule has 1 aromatic heterocycles. The first kappa shape index (κ1) is 22.7. The van der Waals surface area contributed by atoms with E-state index in [1.165, 1.54) is 0 Å². The number of likely N-dealkylation sites (N-methyl/N-ethyl adjacent to an activating group) is 2. The molecule has 0 radical (unpaired) electrons. The number of nitrogens with zero attached hydrogens (tertiary/aromatic N) is 2. The number of rotatable bonds is 9. The quantitative estimate of drug-likeness (QED) is 0.654. The van der Waals surface area contributed by atoms with Crippen molar-refractivity contribution in [2.24, 2.45) is 11.8 Å². The van der Waals surface area contributed by atoms with Crippen LogP contribution in [0.15, 0.2) is 36.7 Å². The number of carbonyl (C=O) groups is 2. The second-order valence-electron chi connectivity index (χ2n) is 8.11. The zero-order chi connectivity index (χ0) is 21.6. The van der Waals surface area contributed by atoms with Crippen molar-refractivity contribution < 1.29 is 9.59 Å². The Kier molecular flexibility index (Phi) is 8.06. The molecule has 1 heterocycles. The summed E-state index contributed by atoms with van der Waals surface area (Å²) < 4.78 is 0. The van der Waals surface area contributed by atoms with Gasteiger partial charge in [-0.1, -0.05) is 58.7 Å². The fourth-order valence-corrected chi connectivity index (χ4v) is 3.46. The lowest BCUT2D eigenvalue weighted by molar-refractivity contribution is -0.144. The van der Waals surface area contributed by atoms with Gasteiger partial charge in [-0.2, -0.15) is 0 Å². The number of nitrogens with one attached hydrogen (secondary N) is 1. The number of aromatic amines is 1.